The van der Waals surface area contributed by atoms with Crippen molar-refractivity contribution in [2.75, 3.05) is 26.2 Å². The van der Waals surface area contributed by atoms with Crippen LogP contribution in [0.2, 0.25) is 0 Å². The minimum absolute atomic E-state index is 0.315. The largest absolute Gasteiger partial charge is 0.346 e. The maximum Gasteiger partial charge on any atom is 0.222 e. The SMILES string of the molecule is O=C1CCCN1CCNCC1CCC(c2nnn3cnc4[nH]ccc4c23)CC1. The van der Waals surface area contributed by atoms with Crippen LogP contribution in [0.1, 0.15) is 50.1 Å². The summed E-state index contributed by atoms with van der Waals surface area (Å²) in [4.78, 5) is 21.2. The van der Waals surface area contributed by atoms with Crippen LogP contribution in [-0.2, 0) is 4.79 Å². The third kappa shape index (κ3) is 3.26. The lowest BCUT2D eigenvalue weighted by Crippen LogP contribution is -2.35. The number of aromatic amines is 1. The van der Waals surface area contributed by atoms with Crippen LogP contribution >= 0.6 is 0 Å². The zero-order chi connectivity index (χ0) is 18.9. The highest BCUT2D eigenvalue weighted by molar-refractivity contribution is 5.92. The lowest BCUT2D eigenvalue weighted by atomic mass is 9.80. The Labute approximate surface area is 163 Å². The molecule has 0 aromatic carbocycles. The van der Waals surface area contributed by atoms with Crippen LogP contribution in [0.3, 0.4) is 0 Å². The molecular weight excluding hydrogens is 354 g/mol. The third-order valence-electron chi connectivity index (χ3n) is 6.39. The van der Waals surface area contributed by atoms with Crippen LogP contribution in [-0.4, -0.2) is 61.8 Å². The number of amides is 1. The number of H-pyrrole nitrogens is 1. The van der Waals surface area contributed by atoms with Crippen molar-refractivity contribution in [3.05, 3.63) is 24.3 Å². The Balaban J connectivity index is 1.16. The van der Waals surface area contributed by atoms with E-state index in [1.165, 1.54) is 12.8 Å². The van der Waals surface area contributed by atoms with E-state index in [4.69, 9.17) is 0 Å². The van der Waals surface area contributed by atoms with Gasteiger partial charge in [0.2, 0.25) is 5.91 Å². The number of aromatic nitrogens is 5. The topological polar surface area (TPSA) is 91.2 Å². The molecule has 2 N–H and O–H groups in total. The highest BCUT2D eigenvalue weighted by Crippen LogP contribution is 2.37. The van der Waals surface area contributed by atoms with Crippen molar-refractivity contribution in [2.24, 2.45) is 5.92 Å². The van der Waals surface area contributed by atoms with Gasteiger partial charge in [-0.1, -0.05) is 5.21 Å². The Bertz CT molecular complexity index is 969. The van der Waals surface area contributed by atoms with Crippen molar-refractivity contribution in [2.45, 2.75) is 44.4 Å². The summed E-state index contributed by atoms with van der Waals surface area (Å²) in [7, 11) is 0. The summed E-state index contributed by atoms with van der Waals surface area (Å²) in [6.45, 7) is 3.73. The summed E-state index contributed by atoms with van der Waals surface area (Å²) in [5.74, 6) is 1.49. The molecule has 0 bridgehead atoms. The van der Waals surface area contributed by atoms with E-state index in [1.807, 2.05) is 11.1 Å². The second kappa shape index (κ2) is 7.50. The molecule has 0 spiro atoms. The number of carbonyl (C=O) groups excluding carboxylic acids is 1. The summed E-state index contributed by atoms with van der Waals surface area (Å²) in [5.41, 5.74) is 3.11. The van der Waals surface area contributed by atoms with E-state index >= 15 is 0 Å². The van der Waals surface area contributed by atoms with Crippen molar-refractivity contribution < 1.29 is 4.79 Å². The van der Waals surface area contributed by atoms with E-state index in [-0.39, 0.29) is 0 Å². The van der Waals surface area contributed by atoms with Crippen LogP contribution in [0.25, 0.3) is 16.6 Å². The number of rotatable bonds is 6. The molecule has 5 rings (SSSR count). The van der Waals surface area contributed by atoms with E-state index in [2.05, 4.69) is 31.7 Å². The van der Waals surface area contributed by atoms with Gasteiger partial charge in [-0.25, -0.2) is 9.50 Å². The molecule has 1 saturated carbocycles. The number of hydrogen-bond acceptors (Lipinski definition) is 5. The predicted octanol–water partition coefficient (Wildman–Crippen LogP) is 2.09. The lowest BCUT2D eigenvalue weighted by molar-refractivity contribution is -0.127. The van der Waals surface area contributed by atoms with E-state index < -0.39 is 0 Å². The Kier molecular flexibility index (Phi) is 4.72. The quantitative estimate of drug-likeness (QED) is 0.638. The van der Waals surface area contributed by atoms with Crippen LogP contribution in [0.15, 0.2) is 18.6 Å². The zero-order valence-corrected chi connectivity index (χ0v) is 16.1. The predicted molar refractivity (Wildman–Crippen MR) is 106 cm³/mol. The molecule has 3 aromatic rings. The second-order valence-electron chi connectivity index (χ2n) is 8.16. The minimum Gasteiger partial charge on any atom is -0.346 e. The Hall–Kier alpha value is -2.48. The number of carbonyl (C=O) groups is 1. The highest BCUT2D eigenvalue weighted by Gasteiger charge is 2.27. The van der Waals surface area contributed by atoms with Gasteiger partial charge < -0.3 is 15.2 Å². The number of nitrogens with one attached hydrogen (secondary N) is 2. The minimum atomic E-state index is 0.315. The van der Waals surface area contributed by atoms with Gasteiger partial charge >= 0.3 is 0 Å². The Morgan fingerprint density at radius 3 is 2.96 bits per heavy atom. The first-order chi connectivity index (χ1) is 13.8. The summed E-state index contributed by atoms with van der Waals surface area (Å²) in [6, 6.07) is 2.06. The smallest absolute Gasteiger partial charge is 0.222 e. The summed E-state index contributed by atoms with van der Waals surface area (Å²) in [5, 5.41) is 13.5. The summed E-state index contributed by atoms with van der Waals surface area (Å²) >= 11 is 0. The molecule has 148 valence electrons. The third-order valence-corrected chi connectivity index (χ3v) is 6.39. The summed E-state index contributed by atoms with van der Waals surface area (Å²) in [6.07, 6.45) is 10.1. The number of likely N-dealkylation sites (tertiary alicyclic amines) is 1. The van der Waals surface area contributed by atoms with Gasteiger partial charge in [-0.05, 0) is 50.6 Å². The fourth-order valence-electron chi connectivity index (χ4n) is 4.79. The number of hydrogen-bond donors (Lipinski definition) is 2. The Morgan fingerprint density at radius 1 is 1.25 bits per heavy atom. The molecule has 0 radical (unpaired) electrons. The first kappa shape index (κ1) is 17.6. The van der Waals surface area contributed by atoms with Crippen molar-refractivity contribution in [1.82, 2.24) is 35.0 Å². The highest BCUT2D eigenvalue weighted by atomic mass is 16.2. The molecule has 3 aromatic heterocycles. The van der Waals surface area contributed by atoms with E-state index in [0.717, 1.165) is 74.1 Å². The molecule has 2 aliphatic rings. The molecule has 1 saturated heterocycles. The molecule has 8 heteroatoms. The van der Waals surface area contributed by atoms with Gasteiger partial charge in [0.05, 0.1) is 5.69 Å². The van der Waals surface area contributed by atoms with Gasteiger partial charge in [0.15, 0.2) is 0 Å². The van der Waals surface area contributed by atoms with Crippen molar-refractivity contribution in [1.29, 1.82) is 0 Å². The molecule has 0 atom stereocenters. The van der Waals surface area contributed by atoms with Gasteiger partial charge in [-0.3, -0.25) is 4.79 Å². The monoisotopic (exact) mass is 381 g/mol. The lowest BCUT2D eigenvalue weighted by Gasteiger charge is -2.28. The first-order valence-electron chi connectivity index (χ1n) is 10.4. The van der Waals surface area contributed by atoms with Crippen LogP contribution in [0.5, 0.6) is 0 Å². The molecule has 1 amide bonds. The maximum atomic E-state index is 11.7. The zero-order valence-electron chi connectivity index (χ0n) is 16.1. The Morgan fingerprint density at radius 2 is 2.14 bits per heavy atom. The summed E-state index contributed by atoms with van der Waals surface area (Å²) < 4.78 is 1.80. The van der Waals surface area contributed by atoms with Crippen LogP contribution in [0.4, 0.5) is 0 Å². The van der Waals surface area contributed by atoms with E-state index in [1.54, 1.807) is 10.8 Å². The average molecular weight is 381 g/mol. The van der Waals surface area contributed by atoms with E-state index in [9.17, 15) is 4.79 Å². The van der Waals surface area contributed by atoms with Gasteiger partial charge in [0.25, 0.3) is 0 Å². The van der Waals surface area contributed by atoms with Crippen molar-refractivity contribution in [3.63, 3.8) is 0 Å². The normalized spacial score (nSPS) is 23.3. The molecule has 0 unspecified atom stereocenters. The van der Waals surface area contributed by atoms with Crippen LogP contribution < -0.4 is 5.32 Å². The van der Waals surface area contributed by atoms with Gasteiger partial charge in [0.1, 0.15) is 17.5 Å². The number of nitrogens with zero attached hydrogens (tertiary/aromatic N) is 5. The van der Waals surface area contributed by atoms with Crippen molar-refractivity contribution in [3.8, 4) is 0 Å². The fourth-order valence-corrected chi connectivity index (χ4v) is 4.79. The molecule has 4 heterocycles. The van der Waals surface area contributed by atoms with Crippen molar-refractivity contribution >= 4 is 22.5 Å². The second-order valence-corrected chi connectivity index (χ2v) is 8.16. The standard InChI is InChI=1S/C20H27N7O/c28-17-2-1-10-26(17)11-9-21-12-14-3-5-15(6-4-14)18-19-16-7-8-22-20(16)23-13-27(19)25-24-18/h7-8,13-15,21-22H,1-6,9-12H2. The van der Waals surface area contributed by atoms with E-state index in [0.29, 0.717) is 17.7 Å². The maximum absolute atomic E-state index is 11.7. The van der Waals surface area contributed by atoms with Gasteiger partial charge in [0, 0.05) is 43.6 Å². The van der Waals surface area contributed by atoms with Crippen LogP contribution in [0, 0.1) is 5.92 Å². The fraction of sp³-hybridized carbons (Fsp3) is 0.600. The van der Waals surface area contributed by atoms with Gasteiger partial charge in [-0.15, -0.1) is 5.10 Å². The molecular formula is C20H27N7O. The molecule has 2 fully saturated rings. The first-order valence-corrected chi connectivity index (χ1v) is 10.4. The average Bonchev–Trinajstić information content (AvgIpc) is 3.44. The number of fused-ring (bicyclic) bond motifs is 3. The molecule has 8 nitrogen and oxygen atoms in total. The molecule has 28 heavy (non-hydrogen) atoms. The van der Waals surface area contributed by atoms with Gasteiger partial charge in [-0.2, -0.15) is 0 Å². The molecule has 1 aliphatic heterocycles. The molecule has 1 aliphatic carbocycles.